The van der Waals surface area contributed by atoms with Crippen molar-refractivity contribution in [2.24, 2.45) is 11.8 Å². The topological polar surface area (TPSA) is 100 Å². The Labute approximate surface area is 159 Å². The van der Waals surface area contributed by atoms with Gasteiger partial charge in [-0.1, -0.05) is 30.3 Å². The van der Waals surface area contributed by atoms with Crippen LogP contribution in [0, 0.1) is 11.8 Å². The maximum absolute atomic E-state index is 13.4. The summed E-state index contributed by atoms with van der Waals surface area (Å²) >= 11 is 0. The van der Waals surface area contributed by atoms with Gasteiger partial charge in [0, 0.05) is 6.04 Å². The first-order valence-corrected chi connectivity index (χ1v) is 10.4. The van der Waals surface area contributed by atoms with Crippen LogP contribution in [0.5, 0.6) is 0 Å². The Morgan fingerprint density at radius 3 is 1.96 bits per heavy atom. The van der Waals surface area contributed by atoms with Crippen molar-refractivity contribution < 1.29 is 32.7 Å². The maximum Gasteiger partial charge on any atom is 0.348 e. The van der Waals surface area contributed by atoms with Gasteiger partial charge in [0.2, 0.25) is 0 Å². The zero-order valence-electron chi connectivity index (χ0n) is 15.9. The van der Waals surface area contributed by atoms with Crippen LogP contribution in [0.4, 0.5) is 0 Å². The Morgan fingerprint density at radius 1 is 0.963 bits per heavy atom. The molecular formula is C18H26NO7P. The summed E-state index contributed by atoms with van der Waals surface area (Å²) in [5.74, 6) is -4.35. The van der Waals surface area contributed by atoms with Crippen LogP contribution in [0.3, 0.4) is 0 Å². The lowest BCUT2D eigenvalue weighted by molar-refractivity contribution is -0.156. The second kappa shape index (κ2) is 9.46. The first-order chi connectivity index (χ1) is 12.9. The SMILES string of the molecule is CCOP(=O)(OCC)[C@@H]1N[C@H](c2ccccc2)[C@@H](C(=O)OC)[C@H]1C(=O)OC. The molecule has 0 aromatic heterocycles. The van der Waals surface area contributed by atoms with Crippen LogP contribution < -0.4 is 5.32 Å². The fraction of sp³-hybridized carbons (Fsp3) is 0.556. The van der Waals surface area contributed by atoms with Gasteiger partial charge in [-0.2, -0.15) is 0 Å². The highest BCUT2D eigenvalue weighted by atomic mass is 31.2. The van der Waals surface area contributed by atoms with Crippen LogP contribution in [0.15, 0.2) is 30.3 Å². The molecule has 150 valence electrons. The van der Waals surface area contributed by atoms with Crippen LogP contribution >= 0.6 is 7.60 Å². The number of esters is 2. The van der Waals surface area contributed by atoms with Crippen molar-refractivity contribution in [3.63, 3.8) is 0 Å². The Balaban J connectivity index is 2.56. The molecule has 0 aliphatic carbocycles. The van der Waals surface area contributed by atoms with E-state index in [0.717, 1.165) is 5.56 Å². The van der Waals surface area contributed by atoms with Crippen molar-refractivity contribution in [3.05, 3.63) is 35.9 Å². The highest BCUT2D eigenvalue weighted by Gasteiger charge is 2.59. The molecule has 27 heavy (non-hydrogen) atoms. The van der Waals surface area contributed by atoms with Gasteiger partial charge in [0.25, 0.3) is 0 Å². The minimum Gasteiger partial charge on any atom is -0.469 e. The zero-order valence-corrected chi connectivity index (χ0v) is 16.8. The molecule has 0 unspecified atom stereocenters. The highest BCUT2D eigenvalue weighted by molar-refractivity contribution is 7.54. The number of hydrogen-bond donors (Lipinski definition) is 1. The predicted molar refractivity (Wildman–Crippen MR) is 98.0 cm³/mol. The molecular weight excluding hydrogens is 373 g/mol. The molecule has 0 radical (unpaired) electrons. The average Bonchev–Trinajstić information content (AvgIpc) is 3.09. The zero-order chi connectivity index (χ0) is 20.0. The number of ether oxygens (including phenoxy) is 2. The summed E-state index contributed by atoms with van der Waals surface area (Å²) in [5, 5.41) is 3.13. The van der Waals surface area contributed by atoms with Crippen LogP contribution in [0.1, 0.15) is 25.5 Å². The molecule has 1 aliphatic heterocycles. The van der Waals surface area contributed by atoms with E-state index in [1.165, 1.54) is 14.2 Å². The lowest BCUT2D eigenvalue weighted by atomic mass is 9.87. The third-order valence-corrected chi connectivity index (χ3v) is 6.89. The lowest BCUT2D eigenvalue weighted by Crippen LogP contribution is -2.37. The smallest absolute Gasteiger partial charge is 0.348 e. The second-order valence-electron chi connectivity index (χ2n) is 5.97. The van der Waals surface area contributed by atoms with Gasteiger partial charge in [-0.05, 0) is 19.4 Å². The molecule has 9 heteroatoms. The van der Waals surface area contributed by atoms with Gasteiger partial charge in [-0.25, -0.2) is 0 Å². The fourth-order valence-electron chi connectivity index (χ4n) is 3.44. The number of carbonyl (C=O) groups is 2. The summed E-state index contributed by atoms with van der Waals surface area (Å²) in [6, 6.07) is 8.49. The van der Waals surface area contributed by atoms with E-state index in [2.05, 4.69) is 5.32 Å². The molecule has 4 atom stereocenters. The highest BCUT2D eigenvalue weighted by Crippen LogP contribution is 2.60. The van der Waals surface area contributed by atoms with Gasteiger partial charge in [0.05, 0.1) is 39.3 Å². The van der Waals surface area contributed by atoms with Gasteiger partial charge in [-0.15, -0.1) is 0 Å². The summed E-state index contributed by atoms with van der Waals surface area (Å²) in [6.45, 7) is 3.62. The third kappa shape index (κ3) is 4.41. The average molecular weight is 399 g/mol. The summed E-state index contributed by atoms with van der Waals surface area (Å²) in [5.41, 5.74) is 0.754. The van der Waals surface area contributed by atoms with E-state index in [1.807, 2.05) is 30.3 Å². The summed E-state index contributed by atoms with van der Waals surface area (Å²) in [7, 11) is -1.29. The number of hydrogen-bond acceptors (Lipinski definition) is 8. The maximum atomic E-state index is 13.4. The molecule has 2 rings (SSSR count). The number of rotatable bonds is 8. The number of carbonyl (C=O) groups excluding carboxylic acids is 2. The van der Waals surface area contributed by atoms with E-state index in [4.69, 9.17) is 18.5 Å². The molecule has 1 N–H and O–H groups in total. The molecule has 1 aromatic carbocycles. The molecule has 0 bridgehead atoms. The predicted octanol–water partition coefficient (Wildman–Crippen LogP) is 2.50. The van der Waals surface area contributed by atoms with E-state index < -0.39 is 43.2 Å². The first kappa shape index (κ1) is 21.6. The Hall–Kier alpha value is -1.73. The molecule has 1 aromatic rings. The van der Waals surface area contributed by atoms with E-state index in [9.17, 15) is 14.2 Å². The number of benzene rings is 1. The van der Waals surface area contributed by atoms with Crippen LogP contribution in [-0.2, 0) is 32.7 Å². The van der Waals surface area contributed by atoms with Crippen molar-refractivity contribution in [1.29, 1.82) is 0 Å². The Bertz CT molecular complexity index is 686. The second-order valence-corrected chi connectivity index (χ2v) is 8.13. The van der Waals surface area contributed by atoms with Crippen molar-refractivity contribution >= 4 is 19.5 Å². The lowest BCUT2D eigenvalue weighted by Gasteiger charge is -2.27. The molecule has 0 spiro atoms. The molecule has 8 nitrogen and oxygen atoms in total. The quantitative estimate of drug-likeness (QED) is 0.526. The van der Waals surface area contributed by atoms with Gasteiger partial charge in [-0.3, -0.25) is 19.5 Å². The van der Waals surface area contributed by atoms with Gasteiger partial charge < -0.3 is 18.5 Å². The van der Waals surface area contributed by atoms with Crippen molar-refractivity contribution in [2.45, 2.75) is 25.7 Å². The van der Waals surface area contributed by atoms with Gasteiger partial charge in [0.1, 0.15) is 5.78 Å². The third-order valence-electron chi connectivity index (χ3n) is 4.50. The van der Waals surface area contributed by atoms with Gasteiger partial charge >= 0.3 is 19.5 Å². The van der Waals surface area contributed by atoms with Crippen LogP contribution in [0.2, 0.25) is 0 Å². The number of methoxy groups -OCH3 is 2. The fourth-order valence-corrected chi connectivity index (χ4v) is 5.59. The van der Waals surface area contributed by atoms with E-state index in [0.29, 0.717) is 0 Å². The van der Waals surface area contributed by atoms with Crippen LogP contribution in [0.25, 0.3) is 0 Å². The Kier molecular flexibility index (Phi) is 7.56. The van der Waals surface area contributed by atoms with Gasteiger partial charge in [0.15, 0.2) is 0 Å². The summed E-state index contributed by atoms with van der Waals surface area (Å²) in [4.78, 5) is 25.2. The monoisotopic (exact) mass is 399 g/mol. The van der Waals surface area contributed by atoms with Crippen molar-refractivity contribution in [1.82, 2.24) is 5.32 Å². The molecule has 1 saturated heterocycles. The Morgan fingerprint density at radius 2 is 1.48 bits per heavy atom. The van der Waals surface area contributed by atoms with E-state index in [-0.39, 0.29) is 13.2 Å². The van der Waals surface area contributed by atoms with Crippen molar-refractivity contribution in [2.75, 3.05) is 27.4 Å². The van der Waals surface area contributed by atoms with E-state index in [1.54, 1.807) is 13.8 Å². The summed E-state index contributed by atoms with van der Waals surface area (Å²) in [6.07, 6.45) is 0. The number of nitrogens with one attached hydrogen (secondary N) is 1. The normalized spacial score (nSPS) is 25.2. The van der Waals surface area contributed by atoms with Crippen LogP contribution in [-0.4, -0.2) is 45.2 Å². The molecule has 0 amide bonds. The first-order valence-electron chi connectivity index (χ1n) is 8.78. The van der Waals surface area contributed by atoms with Crippen molar-refractivity contribution in [3.8, 4) is 0 Å². The molecule has 1 heterocycles. The minimum absolute atomic E-state index is 0.127. The van der Waals surface area contributed by atoms with E-state index >= 15 is 0 Å². The molecule has 1 fully saturated rings. The summed E-state index contributed by atoms with van der Waals surface area (Å²) < 4.78 is 34.1. The minimum atomic E-state index is -3.76. The molecule has 1 aliphatic rings. The molecule has 0 saturated carbocycles. The largest absolute Gasteiger partial charge is 0.469 e. The standard InChI is InChI=1S/C18H26NO7P/c1-5-25-27(22,26-6-2)16-14(18(21)24-4)13(17(20)23-3)15(19-16)12-10-8-7-9-11-12/h7-11,13-16,19H,5-6H2,1-4H3/t13-,14+,15+,16-/m0/s1.